The average Bonchev–Trinajstić information content (AvgIpc) is 3.28. The number of anilines is 1. The van der Waals surface area contributed by atoms with E-state index < -0.39 is 5.97 Å². The maximum Gasteiger partial charge on any atom is 0.341 e. The first-order valence-electron chi connectivity index (χ1n) is 10.4. The van der Waals surface area contributed by atoms with Crippen LogP contribution in [-0.4, -0.2) is 39.5 Å². The van der Waals surface area contributed by atoms with Gasteiger partial charge in [0.1, 0.15) is 17.4 Å². The lowest BCUT2D eigenvalue weighted by Crippen LogP contribution is -2.16. The standard InChI is InChI=1S/C23H28N4O4S2/c1-13(2)16-7-9-17(10-8-16)31-11-18-25-26-23(27(18)5)32-12-19(28)24-21-20(22(29)30-6)14(3)15(4)33-21/h7-10,13H,11-12H2,1-6H3,(H,24,28). The molecule has 0 atom stereocenters. The molecule has 0 aliphatic heterocycles. The summed E-state index contributed by atoms with van der Waals surface area (Å²) in [5, 5.41) is 12.3. The van der Waals surface area contributed by atoms with Crippen molar-refractivity contribution in [1.29, 1.82) is 0 Å². The molecule has 0 fully saturated rings. The van der Waals surface area contributed by atoms with E-state index in [1.807, 2.05) is 33.0 Å². The summed E-state index contributed by atoms with van der Waals surface area (Å²) in [6.45, 7) is 8.31. The van der Waals surface area contributed by atoms with Crippen molar-refractivity contribution in [2.45, 2.75) is 45.4 Å². The van der Waals surface area contributed by atoms with Gasteiger partial charge >= 0.3 is 5.97 Å². The van der Waals surface area contributed by atoms with Crippen LogP contribution in [0.15, 0.2) is 29.4 Å². The van der Waals surface area contributed by atoms with Gasteiger partial charge in [-0.1, -0.05) is 37.7 Å². The molecule has 0 radical (unpaired) electrons. The van der Waals surface area contributed by atoms with Crippen molar-refractivity contribution in [3.63, 3.8) is 0 Å². The predicted molar refractivity (Wildman–Crippen MR) is 130 cm³/mol. The average molecular weight is 489 g/mol. The minimum Gasteiger partial charge on any atom is -0.486 e. The smallest absolute Gasteiger partial charge is 0.341 e. The number of carbonyl (C=O) groups excluding carboxylic acids is 2. The second-order valence-corrected chi connectivity index (χ2v) is 9.95. The van der Waals surface area contributed by atoms with Crippen LogP contribution >= 0.6 is 23.1 Å². The molecule has 0 bridgehead atoms. The Morgan fingerprint density at radius 2 is 1.88 bits per heavy atom. The van der Waals surface area contributed by atoms with Gasteiger partial charge in [0, 0.05) is 11.9 Å². The number of aryl methyl sites for hydroxylation is 1. The highest BCUT2D eigenvalue weighted by Gasteiger charge is 2.22. The van der Waals surface area contributed by atoms with E-state index in [2.05, 4.69) is 41.5 Å². The number of aromatic nitrogens is 3. The maximum absolute atomic E-state index is 12.5. The lowest BCUT2D eigenvalue weighted by Gasteiger charge is -2.09. The molecule has 1 aromatic carbocycles. The summed E-state index contributed by atoms with van der Waals surface area (Å²) in [6, 6.07) is 8.00. The van der Waals surface area contributed by atoms with Gasteiger partial charge in [-0.25, -0.2) is 4.79 Å². The molecule has 2 aromatic heterocycles. The molecular weight excluding hydrogens is 460 g/mol. The van der Waals surface area contributed by atoms with Crippen LogP contribution in [0.25, 0.3) is 0 Å². The van der Waals surface area contributed by atoms with E-state index in [1.165, 1.54) is 35.8 Å². The molecule has 3 rings (SSSR count). The number of thioether (sulfide) groups is 1. The SMILES string of the molecule is COC(=O)c1c(NC(=O)CSc2nnc(COc3ccc(C(C)C)cc3)n2C)sc(C)c1C. The van der Waals surface area contributed by atoms with Gasteiger partial charge in [0.2, 0.25) is 5.91 Å². The number of amides is 1. The molecule has 1 N–H and O–H groups in total. The molecule has 0 aliphatic rings. The lowest BCUT2D eigenvalue weighted by molar-refractivity contribution is -0.113. The quantitative estimate of drug-likeness (QED) is 0.344. The van der Waals surface area contributed by atoms with Crippen LogP contribution in [-0.2, 0) is 23.2 Å². The fourth-order valence-electron chi connectivity index (χ4n) is 3.05. The first-order chi connectivity index (χ1) is 15.7. The fraction of sp³-hybridized carbons (Fsp3) is 0.391. The van der Waals surface area contributed by atoms with E-state index in [9.17, 15) is 9.59 Å². The number of hydrogen-bond donors (Lipinski definition) is 1. The summed E-state index contributed by atoms with van der Waals surface area (Å²) in [5.74, 6) is 1.31. The number of ether oxygens (including phenoxy) is 2. The highest BCUT2D eigenvalue weighted by atomic mass is 32.2. The largest absolute Gasteiger partial charge is 0.486 e. The van der Waals surface area contributed by atoms with E-state index in [0.717, 1.165) is 16.2 Å². The van der Waals surface area contributed by atoms with Crippen molar-refractivity contribution < 1.29 is 19.1 Å². The summed E-state index contributed by atoms with van der Waals surface area (Å²) in [7, 11) is 3.16. The minimum absolute atomic E-state index is 0.125. The zero-order valence-corrected chi connectivity index (χ0v) is 21.2. The van der Waals surface area contributed by atoms with E-state index in [-0.39, 0.29) is 18.3 Å². The molecule has 0 spiro atoms. The molecule has 0 saturated heterocycles. The van der Waals surface area contributed by atoms with E-state index in [0.29, 0.717) is 27.5 Å². The molecule has 3 aromatic rings. The lowest BCUT2D eigenvalue weighted by atomic mass is 10.0. The Labute approximate surface area is 201 Å². The Morgan fingerprint density at radius 1 is 1.18 bits per heavy atom. The normalized spacial score (nSPS) is 11.0. The second-order valence-electron chi connectivity index (χ2n) is 7.79. The van der Waals surface area contributed by atoms with Gasteiger partial charge < -0.3 is 19.4 Å². The number of nitrogens with zero attached hydrogens (tertiary/aromatic N) is 3. The van der Waals surface area contributed by atoms with Crippen LogP contribution in [0.4, 0.5) is 5.00 Å². The molecule has 33 heavy (non-hydrogen) atoms. The van der Waals surface area contributed by atoms with Crippen molar-refractivity contribution in [3.8, 4) is 5.75 Å². The van der Waals surface area contributed by atoms with Crippen LogP contribution in [0.2, 0.25) is 0 Å². The summed E-state index contributed by atoms with van der Waals surface area (Å²) in [6.07, 6.45) is 0. The van der Waals surface area contributed by atoms with E-state index >= 15 is 0 Å². The topological polar surface area (TPSA) is 95.3 Å². The van der Waals surface area contributed by atoms with Gasteiger partial charge in [0.15, 0.2) is 11.0 Å². The van der Waals surface area contributed by atoms with E-state index in [1.54, 1.807) is 4.57 Å². The zero-order chi connectivity index (χ0) is 24.1. The zero-order valence-electron chi connectivity index (χ0n) is 19.6. The number of nitrogens with one attached hydrogen (secondary N) is 1. The monoisotopic (exact) mass is 488 g/mol. The molecular formula is C23H28N4O4S2. The summed E-state index contributed by atoms with van der Waals surface area (Å²) in [4.78, 5) is 25.5. The molecule has 0 aliphatic carbocycles. The molecule has 2 heterocycles. The number of carbonyl (C=O) groups is 2. The van der Waals surface area contributed by atoms with Crippen molar-refractivity contribution in [2.24, 2.45) is 7.05 Å². The van der Waals surface area contributed by atoms with Crippen molar-refractivity contribution >= 4 is 40.0 Å². The Morgan fingerprint density at radius 3 is 2.52 bits per heavy atom. The van der Waals surface area contributed by atoms with Crippen LogP contribution in [0.1, 0.15) is 52.0 Å². The Kier molecular flexibility index (Phi) is 8.15. The van der Waals surface area contributed by atoms with Crippen molar-refractivity contribution in [3.05, 3.63) is 51.7 Å². The number of rotatable bonds is 9. The Bertz CT molecular complexity index is 1140. The number of benzene rings is 1. The third-order valence-corrected chi connectivity index (χ3v) is 7.34. The van der Waals surface area contributed by atoms with Crippen molar-refractivity contribution in [2.75, 3.05) is 18.2 Å². The van der Waals surface area contributed by atoms with Crippen LogP contribution in [0.5, 0.6) is 5.75 Å². The van der Waals surface area contributed by atoms with E-state index in [4.69, 9.17) is 9.47 Å². The number of thiophene rings is 1. The molecule has 0 saturated carbocycles. The van der Waals surface area contributed by atoms with Gasteiger partial charge in [0.05, 0.1) is 18.4 Å². The molecule has 1 amide bonds. The third-order valence-electron chi connectivity index (χ3n) is 5.20. The van der Waals surface area contributed by atoms with Gasteiger partial charge in [0.25, 0.3) is 0 Å². The molecule has 0 unspecified atom stereocenters. The number of hydrogen-bond acceptors (Lipinski definition) is 8. The fourth-order valence-corrected chi connectivity index (χ4v) is 4.84. The third kappa shape index (κ3) is 5.94. The minimum atomic E-state index is -0.461. The second kappa shape index (κ2) is 10.8. The van der Waals surface area contributed by atoms with Crippen LogP contribution < -0.4 is 10.1 Å². The Balaban J connectivity index is 1.57. The van der Waals surface area contributed by atoms with Gasteiger partial charge in [-0.05, 0) is 43.0 Å². The van der Waals surface area contributed by atoms with Crippen molar-refractivity contribution in [1.82, 2.24) is 14.8 Å². The first-order valence-corrected chi connectivity index (χ1v) is 12.2. The maximum atomic E-state index is 12.5. The highest BCUT2D eigenvalue weighted by molar-refractivity contribution is 7.99. The number of methoxy groups -OCH3 is 1. The highest BCUT2D eigenvalue weighted by Crippen LogP contribution is 2.33. The van der Waals surface area contributed by atoms with Gasteiger partial charge in [-0.15, -0.1) is 21.5 Å². The van der Waals surface area contributed by atoms with Gasteiger partial charge in [-0.2, -0.15) is 0 Å². The first kappa shape index (κ1) is 24.8. The molecule has 176 valence electrons. The molecule has 10 heteroatoms. The predicted octanol–water partition coefficient (Wildman–Crippen LogP) is 4.71. The summed E-state index contributed by atoms with van der Waals surface area (Å²) >= 11 is 2.62. The molecule has 8 nitrogen and oxygen atoms in total. The van der Waals surface area contributed by atoms with Crippen LogP contribution in [0.3, 0.4) is 0 Å². The Hall–Kier alpha value is -2.85. The summed E-state index contributed by atoms with van der Waals surface area (Å²) < 4.78 is 12.5. The van der Waals surface area contributed by atoms with Crippen LogP contribution in [0, 0.1) is 13.8 Å². The van der Waals surface area contributed by atoms with Gasteiger partial charge in [-0.3, -0.25) is 4.79 Å². The number of esters is 1. The summed E-state index contributed by atoms with van der Waals surface area (Å²) in [5.41, 5.74) is 2.47.